The van der Waals surface area contributed by atoms with E-state index >= 15 is 0 Å². The molecule has 0 aliphatic carbocycles. The van der Waals surface area contributed by atoms with Gasteiger partial charge < -0.3 is 10.1 Å². The number of amides is 2. The van der Waals surface area contributed by atoms with E-state index in [2.05, 4.69) is 26.4 Å². The normalized spacial score (nSPS) is 14.9. The molecule has 0 aliphatic heterocycles. The number of hydrazine groups is 1. The molecule has 0 saturated heterocycles. The number of nitrogens with zero attached hydrogens (tertiary/aromatic N) is 3. The molecule has 0 bridgehead atoms. The number of halogens is 1. The third-order valence-corrected chi connectivity index (χ3v) is 6.07. The van der Waals surface area contributed by atoms with Crippen molar-refractivity contribution < 1.29 is 23.5 Å². The van der Waals surface area contributed by atoms with Crippen LogP contribution in [-0.4, -0.2) is 85.2 Å². The molecule has 10 heteroatoms. The maximum atomic E-state index is 13.9. The number of hydrogen-bond donors (Lipinski definition) is 1. The van der Waals surface area contributed by atoms with E-state index < -0.39 is 5.91 Å². The van der Waals surface area contributed by atoms with Gasteiger partial charge >= 0.3 is 0 Å². The summed E-state index contributed by atoms with van der Waals surface area (Å²) in [6.45, 7) is 9.18. The van der Waals surface area contributed by atoms with Gasteiger partial charge in [-0.1, -0.05) is 25.2 Å². The Balaban J connectivity index is 5.19. The number of ether oxygens (including phenoxy) is 1. The maximum Gasteiger partial charge on any atom is 0.245 e. The fourth-order valence-corrected chi connectivity index (χ4v) is 3.99. The van der Waals surface area contributed by atoms with Crippen molar-refractivity contribution >= 4 is 27.3 Å². The fourth-order valence-electron chi connectivity index (χ4n) is 3.54. The van der Waals surface area contributed by atoms with Crippen molar-refractivity contribution in [3.8, 4) is 0 Å². The van der Waals surface area contributed by atoms with E-state index in [1.807, 2.05) is 26.0 Å². The minimum absolute atomic E-state index is 0.00705. The molecule has 0 heterocycles. The molecule has 0 spiro atoms. The molecule has 37 heavy (non-hydrogen) atoms. The second-order valence-electron chi connectivity index (χ2n) is 9.01. The average molecular weight is 541 g/mol. The van der Waals surface area contributed by atoms with E-state index in [0.717, 1.165) is 19.1 Å². The van der Waals surface area contributed by atoms with Gasteiger partial charge in [0.15, 0.2) is 0 Å². The highest BCUT2D eigenvalue weighted by Gasteiger charge is 2.21. The van der Waals surface area contributed by atoms with Crippen LogP contribution in [-0.2, 0) is 19.1 Å². The SMILES string of the molecule is C/C=C\C(P)C/C(F)=C/CNC(=O)/C=C/N(C)N(CN(C[C@H](C)CCCOC)C(C)/C=C/C=O)C(C)=O. The Bertz CT molecular complexity index is 803. The van der Waals surface area contributed by atoms with E-state index in [1.165, 1.54) is 36.4 Å². The highest BCUT2D eigenvalue weighted by atomic mass is 31.0. The molecule has 0 aromatic carbocycles. The number of carbonyl (C=O) groups is 3. The molecular formula is C27H46FN4O4P. The van der Waals surface area contributed by atoms with E-state index in [1.54, 1.807) is 25.2 Å². The van der Waals surface area contributed by atoms with Crippen LogP contribution in [0.5, 0.6) is 0 Å². The summed E-state index contributed by atoms with van der Waals surface area (Å²) < 4.78 is 19.1. The molecule has 1 N–H and O–H groups in total. The zero-order chi connectivity index (χ0) is 28.2. The number of hydrogen-bond acceptors (Lipinski definition) is 6. The molecule has 0 rings (SSSR count). The summed E-state index contributed by atoms with van der Waals surface area (Å²) in [7, 11) is 5.92. The standard InChI is InChI=1S/C27H46FN4O4P/c1-7-10-26(37)19-25(28)13-15-29-27(35)14-16-30(5)32(24(4)34)21-31(23(3)12-8-17-33)20-22(2)11-9-18-36-6/h7-8,10,12-14,16-17,22-23,26H,9,11,15,18-21,37H2,1-6H3,(H,29,35)/b10-7-,12-8+,16-14+,25-13-/t22-,23?,26?/m1/s1. The van der Waals surface area contributed by atoms with E-state index in [4.69, 9.17) is 4.74 Å². The van der Waals surface area contributed by atoms with Crippen molar-refractivity contribution in [1.82, 2.24) is 20.2 Å². The lowest BCUT2D eigenvalue weighted by Gasteiger charge is -2.38. The van der Waals surface area contributed by atoms with Crippen molar-refractivity contribution in [2.45, 2.75) is 58.7 Å². The summed E-state index contributed by atoms with van der Waals surface area (Å²) >= 11 is 0. The molecule has 0 aliphatic rings. The number of aldehydes is 1. The van der Waals surface area contributed by atoms with Crippen LogP contribution in [0.4, 0.5) is 4.39 Å². The van der Waals surface area contributed by atoms with Gasteiger partial charge in [-0.25, -0.2) is 9.40 Å². The first kappa shape index (κ1) is 34.6. The van der Waals surface area contributed by atoms with Crippen LogP contribution in [0.25, 0.3) is 0 Å². The first-order valence-corrected chi connectivity index (χ1v) is 13.3. The average Bonchev–Trinajstić information content (AvgIpc) is 2.83. The summed E-state index contributed by atoms with van der Waals surface area (Å²) in [4.78, 5) is 37.6. The zero-order valence-electron chi connectivity index (χ0n) is 23.2. The minimum Gasteiger partial charge on any atom is -0.385 e. The van der Waals surface area contributed by atoms with Gasteiger partial charge in [0.05, 0.1) is 12.5 Å². The lowest BCUT2D eigenvalue weighted by atomic mass is 10.0. The van der Waals surface area contributed by atoms with Gasteiger partial charge in [0, 0.05) is 65.5 Å². The Morgan fingerprint density at radius 3 is 2.51 bits per heavy atom. The van der Waals surface area contributed by atoms with Crippen molar-refractivity contribution in [3.63, 3.8) is 0 Å². The molecule has 0 saturated carbocycles. The quantitative estimate of drug-likeness (QED) is 0.0510. The minimum atomic E-state index is -0.402. The summed E-state index contributed by atoms with van der Waals surface area (Å²) in [5.74, 6) is -0.553. The van der Waals surface area contributed by atoms with Crippen molar-refractivity contribution in [2.24, 2.45) is 5.92 Å². The Hall–Kier alpha value is -2.35. The molecule has 210 valence electrons. The van der Waals surface area contributed by atoms with Crippen molar-refractivity contribution in [1.29, 1.82) is 0 Å². The van der Waals surface area contributed by atoms with Gasteiger partial charge in [0.1, 0.15) is 6.29 Å². The van der Waals surface area contributed by atoms with Gasteiger partial charge in [0.2, 0.25) is 11.8 Å². The smallest absolute Gasteiger partial charge is 0.245 e. The van der Waals surface area contributed by atoms with Crippen LogP contribution in [0.1, 0.15) is 47.0 Å². The number of nitrogens with one attached hydrogen (secondary N) is 1. The molecule has 0 radical (unpaired) electrons. The number of methoxy groups -OCH3 is 1. The zero-order valence-corrected chi connectivity index (χ0v) is 24.4. The van der Waals surface area contributed by atoms with Crippen LogP contribution in [0.2, 0.25) is 0 Å². The molecule has 0 aromatic rings. The summed E-state index contributed by atoms with van der Waals surface area (Å²) in [5.41, 5.74) is 0.00705. The van der Waals surface area contributed by atoms with Gasteiger partial charge in [0.25, 0.3) is 0 Å². The van der Waals surface area contributed by atoms with E-state index in [-0.39, 0.29) is 43.1 Å². The molecule has 3 unspecified atom stereocenters. The predicted octanol–water partition coefficient (Wildman–Crippen LogP) is 3.84. The second kappa shape index (κ2) is 20.7. The van der Waals surface area contributed by atoms with Gasteiger partial charge in [-0.05, 0) is 50.4 Å². The largest absolute Gasteiger partial charge is 0.385 e. The number of allylic oxidation sites excluding steroid dienone is 4. The van der Waals surface area contributed by atoms with Crippen LogP contribution in [0.3, 0.4) is 0 Å². The first-order valence-electron chi connectivity index (χ1n) is 12.6. The fraction of sp³-hybridized carbons (Fsp3) is 0.593. The maximum absolute atomic E-state index is 13.9. The Morgan fingerprint density at radius 1 is 1.22 bits per heavy atom. The predicted molar refractivity (Wildman–Crippen MR) is 151 cm³/mol. The topological polar surface area (TPSA) is 82.2 Å². The summed E-state index contributed by atoms with van der Waals surface area (Å²) in [6.07, 6.45) is 14.0. The molecular weight excluding hydrogens is 494 g/mol. The monoisotopic (exact) mass is 540 g/mol. The Labute approximate surface area is 224 Å². The van der Waals surface area contributed by atoms with Gasteiger partial charge in [-0.2, -0.15) is 0 Å². The molecule has 2 amide bonds. The van der Waals surface area contributed by atoms with Gasteiger partial charge in [-0.3, -0.25) is 24.3 Å². The van der Waals surface area contributed by atoms with Crippen molar-refractivity contribution in [2.75, 3.05) is 40.5 Å². The molecule has 0 aromatic heterocycles. The highest BCUT2D eigenvalue weighted by Crippen LogP contribution is 2.15. The third-order valence-electron chi connectivity index (χ3n) is 5.61. The summed E-state index contributed by atoms with van der Waals surface area (Å²) in [5, 5.41) is 5.67. The molecule has 4 atom stereocenters. The highest BCUT2D eigenvalue weighted by molar-refractivity contribution is 7.17. The Morgan fingerprint density at radius 2 is 1.92 bits per heavy atom. The molecule has 0 fully saturated rings. The lowest BCUT2D eigenvalue weighted by Crippen LogP contribution is -2.50. The third kappa shape index (κ3) is 16.9. The number of rotatable bonds is 19. The first-order chi connectivity index (χ1) is 17.5. The molecule has 8 nitrogen and oxygen atoms in total. The number of carbonyl (C=O) groups excluding carboxylic acids is 3. The van der Waals surface area contributed by atoms with Crippen LogP contribution < -0.4 is 5.32 Å². The second-order valence-corrected chi connectivity index (χ2v) is 9.87. The summed E-state index contributed by atoms with van der Waals surface area (Å²) in [6, 6.07) is -0.0896. The van der Waals surface area contributed by atoms with Crippen LogP contribution >= 0.6 is 9.24 Å². The van der Waals surface area contributed by atoms with E-state index in [9.17, 15) is 18.8 Å². The van der Waals surface area contributed by atoms with Crippen LogP contribution in [0.15, 0.2) is 48.5 Å². The van der Waals surface area contributed by atoms with E-state index in [0.29, 0.717) is 19.1 Å². The van der Waals surface area contributed by atoms with Crippen molar-refractivity contribution in [3.05, 3.63) is 48.5 Å². The Kier molecular flexibility index (Phi) is 19.4. The lowest BCUT2D eigenvalue weighted by molar-refractivity contribution is -0.145. The van der Waals surface area contributed by atoms with Gasteiger partial charge in [-0.15, -0.1) is 9.24 Å². The van der Waals surface area contributed by atoms with Crippen LogP contribution in [0, 0.1) is 5.92 Å².